The molecule has 0 radical (unpaired) electrons. The Bertz CT molecular complexity index is 909. The second kappa shape index (κ2) is 8.35. The summed E-state index contributed by atoms with van der Waals surface area (Å²) in [6.07, 6.45) is 1.67. The van der Waals surface area contributed by atoms with Crippen LogP contribution in [-0.4, -0.2) is 32.5 Å². The highest BCUT2D eigenvalue weighted by atomic mass is 32.1. The van der Waals surface area contributed by atoms with E-state index in [4.69, 9.17) is 14.2 Å². The smallest absolute Gasteiger partial charge is 0.203 e. The topological polar surface area (TPSA) is 65.0 Å². The van der Waals surface area contributed by atoms with Gasteiger partial charge in [-0.25, -0.2) is 4.98 Å². The number of nitrogens with one attached hydrogen (secondary N) is 1. The predicted octanol–water partition coefficient (Wildman–Crippen LogP) is 4.28. The molecule has 134 valence electrons. The minimum Gasteiger partial charge on any atom is -0.497 e. The lowest BCUT2D eigenvalue weighted by Gasteiger charge is -2.06. The Morgan fingerprint density at radius 3 is 2.58 bits per heavy atom. The molecule has 0 fully saturated rings. The van der Waals surface area contributed by atoms with Crippen LogP contribution in [0.25, 0.3) is 11.3 Å². The van der Waals surface area contributed by atoms with Crippen molar-refractivity contribution in [1.29, 1.82) is 0 Å². The van der Waals surface area contributed by atoms with Gasteiger partial charge in [-0.1, -0.05) is 12.1 Å². The molecule has 0 aliphatic heterocycles. The fraction of sp³-hybridized carbons (Fsp3) is 0.158. The lowest BCUT2D eigenvalue weighted by Crippen LogP contribution is -1.95. The van der Waals surface area contributed by atoms with Crippen molar-refractivity contribution in [3.8, 4) is 28.5 Å². The van der Waals surface area contributed by atoms with E-state index in [1.54, 1.807) is 27.5 Å². The van der Waals surface area contributed by atoms with Crippen molar-refractivity contribution in [2.45, 2.75) is 0 Å². The molecular weight excluding hydrogens is 350 g/mol. The molecule has 1 heterocycles. The van der Waals surface area contributed by atoms with Gasteiger partial charge in [-0.2, -0.15) is 5.10 Å². The maximum Gasteiger partial charge on any atom is 0.203 e. The normalized spacial score (nSPS) is 10.7. The summed E-state index contributed by atoms with van der Waals surface area (Å²) in [4.78, 5) is 4.55. The fourth-order valence-electron chi connectivity index (χ4n) is 2.40. The van der Waals surface area contributed by atoms with E-state index in [0.717, 1.165) is 28.3 Å². The van der Waals surface area contributed by atoms with E-state index in [1.165, 1.54) is 11.3 Å². The Balaban J connectivity index is 1.75. The van der Waals surface area contributed by atoms with Crippen molar-refractivity contribution in [1.82, 2.24) is 4.98 Å². The summed E-state index contributed by atoms with van der Waals surface area (Å²) >= 11 is 1.47. The zero-order valence-corrected chi connectivity index (χ0v) is 15.5. The number of thiazole rings is 1. The van der Waals surface area contributed by atoms with Gasteiger partial charge in [0, 0.05) is 16.5 Å². The minimum atomic E-state index is 0.684. The molecule has 3 aromatic rings. The number of methoxy groups -OCH3 is 3. The summed E-state index contributed by atoms with van der Waals surface area (Å²) in [6, 6.07) is 13.3. The number of rotatable bonds is 7. The van der Waals surface area contributed by atoms with Crippen LogP contribution < -0.4 is 19.6 Å². The molecule has 7 heteroatoms. The van der Waals surface area contributed by atoms with Crippen LogP contribution in [0.15, 0.2) is 52.9 Å². The van der Waals surface area contributed by atoms with Gasteiger partial charge < -0.3 is 14.2 Å². The zero-order chi connectivity index (χ0) is 18.4. The molecular formula is C19H19N3O3S. The summed E-state index contributed by atoms with van der Waals surface area (Å²) in [7, 11) is 4.89. The number of hydrogen-bond acceptors (Lipinski definition) is 7. The number of hydrazone groups is 1. The van der Waals surface area contributed by atoms with E-state index in [1.807, 2.05) is 47.8 Å². The Kier molecular flexibility index (Phi) is 5.70. The number of aromatic nitrogens is 1. The Labute approximate surface area is 156 Å². The average molecular weight is 369 g/mol. The highest BCUT2D eigenvalue weighted by Crippen LogP contribution is 2.31. The van der Waals surface area contributed by atoms with E-state index in [2.05, 4.69) is 15.5 Å². The van der Waals surface area contributed by atoms with Crippen LogP contribution in [0.2, 0.25) is 0 Å². The van der Waals surface area contributed by atoms with Gasteiger partial charge in [-0.3, -0.25) is 5.43 Å². The van der Waals surface area contributed by atoms with Gasteiger partial charge in [0.2, 0.25) is 5.13 Å². The fourth-order valence-corrected chi connectivity index (χ4v) is 3.06. The van der Waals surface area contributed by atoms with Crippen molar-refractivity contribution < 1.29 is 14.2 Å². The molecule has 26 heavy (non-hydrogen) atoms. The van der Waals surface area contributed by atoms with Gasteiger partial charge >= 0.3 is 0 Å². The first kappa shape index (κ1) is 17.8. The summed E-state index contributed by atoms with van der Waals surface area (Å²) in [5.41, 5.74) is 5.54. The number of benzene rings is 2. The standard InChI is InChI=1S/C19H19N3O3S/c1-23-14-8-9-17(24-2)13(10-14)11-20-22-19-21-16(12-26-19)15-6-4-5-7-18(15)25-3/h4-12H,1-3H3,(H,21,22)/b20-11-. The van der Waals surface area contributed by atoms with Crippen molar-refractivity contribution in [3.05, 3.63) is 53.4 Å². The quantitative estimate of drug-likeness (QED) is 0.497. The van der Waals surface area contributed by atoms with E-state index in [9.17, 15) is 0 Å². The molecule has 0 saturated heterocycles. The van der Waals surface area contributed by atoms with Crippen molar-refractivity contribution in [3.63, 3.8) is 0 Å². The Morgan fingerprint density at radius 1 is 1.00 bits per heavy atom. The molecule has 1 aromatic heterocycles. The molecule has 1 N–H and O–H groups in total. The largest absolute Gasteiger partial charge is 0.497 e. The van der Waals surface area contributed by atoms with Gasteiger partial charge in [-0.15, -0.1) is 11.3 Å². The van der Waals surface area contributed by atoms with Crippen LogP contribution in [0.5, 0.6) is 17.2 Å². The molecule has 0 bridgehead atoms. The SMILES string of the molecule is COc1ccc(OC)c(/C=N\Nc2nc(-c3ccccc3OC)cs2)c1. The first-order valence-electron chi connectivity index (χ1n) is 7.85. The van der Waals surface area contributed by atoms with Gasteiger partial charge in [0.25, 0.3) is 0 Å². The van der Waals surface area contributed by atoms with Crippen LogP contribution in [0.3, 0.4) is 0 Å². The predicted molar refractivity (Wildman–Crippen MR) is 105 cm³/mol. The molecule has 0 amide bonds. The molecule has 0 aliphatic rings. The Hall–Kier alpha value is -3.06. The van der Waals surface area contributed by atoms with Gasteiger partial charge in [0.15, 0.2) is 0 Å². The van der Waals surface area contributed by atoms with E-state index in [-0.39, 0.29) is 0 Å². The van der Waals surface area contributed by atoms with Crippen LogP contribution >= 0.6 is 11.3 Å². The lowest BCUT2D eigenvalue weighted by atomic mass is 10.1. The molecule has 2 aromatic carbocycles. The van der Waals surface area contributed by atoms with Crippen molar-refractivity contribution in [2.75, 3.05) is 26.8 Å². The lowest BCUT2D eigenvalue weighted by molar-refractivity contribution is 0.402. The Morgan fingerprint density at radius 2 is 1.81 bits per heavy atom. The second-order valence-electron chi connectivity index (χ2n) is 5.22. The molecule has 0 aliphatic carbocycles. The summed E-state index contributed by atoms with van der Waals surface area (Å²) < 4.78 is 16.0. The summed E-state index contributed by atoms with van der Waals surface area (Å²) in [5.74, 6) is 2.24. The third kappa shape index (κ3) is 3.94. The van der Waals surface area contributed by atoms with E-state index < -0.39 is 0 Å². The van der Waals surface area contributed by atoms with Crippen LogP contribution in [0.1, 0.15) is 5.56 Å². The van der Waals surface area contributed by atoms with Crippen molar-refractivity contribution >= 4 is 22.7 Å². The van der Waals surface area contributed by atoms with Crippen molar-refractivity contribution in [2.24, 2.45) is 5.10 Å². The van der Waals surface area contributed by atoms with Crippen LogP contribution in [0.4, 0.5) is 5.13 Å². The first-order valence-corrected chi connectivity index (χ1v) is 8.73. The molecule has 6 nitrogen and oxygen atoms in total. The third-order valence-corrected chi connectivity index (χ3v) is 4.43. The zero-order valence-electron chi connectivity index (χ0n) is 14.7. The highest BCUT2D eigenvalue weighted by molar-refractivity contribution is 7.14. The van der Waals surface area contributed by atoms with Gasteiger partial charge in [0.1, 0.15) is 17.2 Å². The first-order chi connectivity index (χ1) is 12.7. The highest BCUT2D eigenvalue weighted by Gasteiger charge is 2.09. The van der Waals surface area contributed by atoms with E-state index in [0.29, 0.717) is 10.9 Å². The number of ether oxygens (including phenoxy) is 3. The van der Waals surface area contributed by atoms with Gasteiger partial charge in [0.05, 0.1) is 33.2 Å². The van der Waals surface area contributed by atoms with Crippen LogP contribution in [0, 0.1) is 0 Å². The second-order valence-corrected chi connectivity index (χ2v) is 6.07. The van der Waals surface area contributed by atoms with Crippen LogP contribution in [-0.2, 0) is 0 Å². The molecule has 0 saturated carbocycles. The number of para-hydroxylation sites is 1. The average Bonchev–Trinajstić information content (AvgIpc) is 3.16. The minimum absolute atomic E-state index is 0.684. The van der Waals surface area contributed by atoms with Gasteiger partial charge in [-0.05, 0) is 30.3 Å². The summed E-state index contributed by atoms with van der Waals surface area (Å²) in [6.45, 7) is 0. The molecule has 0 atom stereocenters. The number of nitrogens with zero attached hydrogens (tertiary/aromatic N) is 2. The summed E-state index contributed by atoms with van der Waals surface area (Å²) in [5, 5.41) is 6.90. The molecule has 0 spiro atoms. The number of hydrogen-bond donors (Lipinski definition) is 1. The van der Waals surface area contributed by atoms with E-state index >= 15 is 0 Å². The third-order valence-electron chi connectivity index (χ3n) is 3.69. The maximum absolute atomic E-state index is 5.38. The number of anilines is 1. The maximum atomic E-state index is 5.38. The molecule has 3 rings (SSSR count). The monoisotopic (exact) mass is 369 g/mol. The molecule has 0 unspecified atom stereocenters.